The van der Waals surface area contributed by atoms with Crippen molar-refractivity contribution in [2.75, 3.05) is 11.9 Å². The van der Waals surface area contributed by atoms with Crippen LogP contribution < -0.4 is 10.1 Å². The van der Waals surface area contributed by atoms with Crippen LogP contribution in [0.25, 0.3) is 0 Å². The number of carbonyl (C=O) groups excluding carboxylic acids is 1. The Kier molecular flexibility index (Phi) is 5.52. The molecule has 1 atom stereocenters. The summed E-state index contributed by atoms with van der Waals surface area (Å²) in [5.74, 6) is 0.863. The third-order valence-electron chi connectivity index (χ3n) is 5.02. The van der Waals surface area contributed by atoms with E-state index in [-0.39, 0.29) is 12.6 Å². The first kappa shape index (κ1) is 19.7. The molecule has 2 aromatic carbocycles. The Morgan fingerprint density at radius 2 is 1.90 bits per heavy atom. The molecule has 1 unspecified atom stereocenters. The number of carbonyl (C=O) groups is 1. The molecule has 30 heavy (non-hydrogen) atoms. The zero-order valence-electron chi connectivity index (χ0n) is 17.3. The predicted octanol–water partition coefficient (Wildman–Crippen LogP) is 4.02. The molecule has 7 nitrogen and oxygen atoms in total. The van der Waals surface area contributed by atoms with Crippen LogP contribution in [0.5, 0.6) is 5.75 Å². The third kappa shape index (κ3) is 3.78. The van der Waals surface area contributed by atoms with E-state index in [1.54, 1.807) is 11.6 Å². The van der Waals surface area contributed by atoms with Crippen molar-refractivity contribution in [2.24, 2.45) is 0 Å². The normalized spacial score (nSPS) is 15.4. The Hall–Kier alpha value is -3.61. The van der Waals surface area contributed by atoms with Gasteiger partial charge in [-0.2, -0.15) is 10.1 Å². The molecular weight excluding hydrogens is 380 g/mol. The van der Waals surface area contributed by atoms with Crippen molar-refractivity contribution in [3.8, 4) is 5.75 Å². The van der Waals surface area contributed by atoms with Crippen molar-refractivity contribution in [1.29, 1.82) is 0 Å². The van der Waals surface area contributed by atoms with Crippen molar-refractivity contribution in [3.05, 3.63) is 82.8 Å². The van der Waals surface area contributed by atoms with Gasteiger partial charge >= 0.3 is 5.97 Å². The Balaban J connectivity index is 1.72. The standard InChI is InChI=1S/C23H24N4O3/c1-4-29-22(28)20-16(3)26-23-24-14-25-27(23)21(20)18-7-5-6-8-19(18)30-13-17-11-9-15(2)10-12-17/h5-12,14,21H,4,13H2,1-3H3,(H,24,25,26). The Bertz CT molecular complexity index is 1090. The molecule has 0 amide bonds. The molecule has 0 saturated heterocycles. The molecule has 1 N–H and O–H groups in total. The lowest BCUT2D eigenvalue weighted by Gasteiger charge is -2.29. The number of benzene rings is 2. The molecule has 2 heterocycles. The summed E-state index contributed by atoms with van der Waals surface area (Å²) in [7, 11) is 0. The number of para-hydroxylation sites is 1. The first-order valence-corrected chi connectivity index (χ1v) is 9.90. The second-order valence-electron chi connectivity index (χ2n) is 7.13. The van der Waals surface area contributed by atoms with Crippen molar-refractivity contribution >= 4 is 11.9 Å². The third-order valence-corrected chi connectivity index (χ3v) is 5.02. The molecule has 0 bridgehead atoms. The van der Waals surface area contributed by atoms with E-state index < -0.39 is 6.04 Å². The van der Waals surface area contributed by atoms with Crippen molar-refractivity contribution < 1.29 is 14.3 Å². The molecule has 1 aliphatic heterocycles. The Labute approximate surface area is 175 Å². The maximum absolute atomic E-state index is 12.8. The highest BCUT2D eigenvalue weighted by Crippen LogP contribution is 2.39. The highest BCUT2D eigenvalue weighted by Gasteiger charge is 2.35. The average Bonchev–Trinajstić information content (AvgIpc) is 3.21. The van der Waals surface area contributed by atoms with Gasteiger partial charge < -0.3 is 14.8 Å². The van der Waals surface area contributed by atoms with Gasteiger partial charge in [-0.1, -0.05) is 48.0 Å². The number of esters is 1. The van der Waals surface area contributed by atoms with E-state index in [1.807, 2.05) is 43.3 Å². The summed E-state index contributed by atoms with van der Waals surface area (Å²) in [6.45, 7) is 6.39. The molecule has 1 aromatic heterocycles. The fraction of sp³-hybridized carbons (Fsp3) is 0.261. The summed E-state index contributed by atoms with van der Waals surface area (Å²) in [5, 5.41) is 7.50. The van der Waals surface area contributed by atoms with Gasteiger partial charge in [0.25, 0.3) is 0 Å². The minimum atomic E-state index is -0.503. The van der Waals surface area contributed by atoms with E-state index in [0.717, 1.165) is 11.1 Å². The van der Waals surface area contributed by atoms with Gasteiger partial charge in [-0.3, -0.25) is 0 Å². The number of allylic oxidation sites excluding steroid dienone is 1. The summed E-state index contributed by atoms with van der Waals surface area (Å²) < 4.78 is 13.2. The lowest BCUT2D eigenvalue weighted by atomic mass is 9.95. The molecule has 0 radical (unpaired) electrons. The quantitative estimate of drug-likeness (QED) is 0.625. The summed E-state index contributed by atoms with van der Waals surface area (Å²) in [6.07, 6.45) is 1.46. The molecule has 1 aliphatic rings. The van der Waals surface area contributed by atoms with Gasteiger partial charge in [0.1, 0.15) is 24.7 Å². The molecule has 0 spiro atoms. The maximum atomic E-state index is 12.8. The minimum Gasteiger partial charge on any atom is -0.489 e. The van der Waals surface area contributed by atoms with Crippen LogP contribution in [0, 0.1) is 6.92 Å². The van der Waals surface area contributed by atoms with Gasteiger partial charge in [0.05, 0.1) is 12.2 Å². The number of anilines is 1. The number of fused-ring (bicyclic) bond motifs is 1. The molecule has 3 aromatic rings. The van der Waals surface area contributed by atoms with Crippen LogP contribution in [0.2, 0.25) is 0 Å². The molecular formula is C23H24N4O3. The molecule has 154 valence electrons. The lowest BCUT2D eigenvalue weighted by Crippen LogP contribution is -2.30. The van der Waals surface area contributed by atoms with Crippen molar-refractivity contribution in [1.82, 2.24) is 14.8 Å². The molecule has 7 heteroatoms. The highest BCUT2D eigenvalue weighted by molar-refractivity contribution is 5.92. The first-order chi connectivity index (χ1) is 14.6. The molecule has 4 rings (SSSR count). The van der Waals surface area contributed by atoms with Crippen molar-refractivity contribution in [3.63, 3.8) is 0 Å². The topological polar surface area (TPSA) is 78.3 Å². The van der Waals surface area contributed by atoms with Crippen molar-refractivity contribution in [2.45, 2.75) is 33.4 Å². The van der Waals surface area contributed by atoms with Gasteiger partial charge in [0.2, 0.25) is 5.95 Å². The number of hydrogen-bond acceptors (Lipinski definition) is 6. The van der Waals surface area contributed by atoms with E-state index in [0.29, 0.717) is 29.6 Å². The van der Waals surface area contributed by atoms with E-state index in [2.05, 4.69) is 34.5 Å². The van der Waals surface area contributed by atoms with E-state index in [4.69, 9.17) is 9.47 Å². The van der Waals surface area contributed by atoms with Gasteiger partial charge in [0, 0.05) is 11.3 Å². The molecule has 0 aliphatic carbocycles. The van der Waals surface area contributed by atoms with Crippen LogP contribution in [0.4, 0.5) is 5.95 Å². The summed E-state index contributed by atoms with van der Waals surface area (Å²) >= 11 is 0. The van der Waals surface area contributed by atoms with E-state index in [1.165, 1.54) is 11.9 Å². The number of aryl methyl sites for hydroxylation is 1. The number of nitrogens with zero attached hydrogens (tertiary/aromatic N) is 3. The number of nitrogens with one attached hydrogen (secondary N) is 1. The maximum Gasteiger partial charge on any atom is 0.338 e. The molecule has 0 saturated carbocycles. The summed E-state index contributed by atoms with van der Waals surface area (Å²) in [5.41, 5.74) is 4.26. The van der Waals surface area contributed by atoms with Gasteiger partial charge in [-0.15, -0.1) is 0 Å². The van der Waals surface area contributed by atoms with Crippen LogP contribution in [0.1, 0.15) is 36.6 Å². The predicted molar refractivity (Wildman–Crippen MR) is 113 cm³/mol. The number of hydrogen-bond donors (Lipinski definition) is 1. The fourth-order valence-electron chi connectivity index (χ4n) is 3.53. The van der Waals surface area contributed by atoms with E-state index in [9.17, 15) is 4.79 Å². The Morgan fingerprint density at radius 1 is 1.13 bits per heavy atom. The monoisotopic (exact) mass is 404 g/mol. The van der Waals surface area contributed by atoms with Crippen LogP contribution in [0.15, 0.2) is 66.1 Å². The number of aromatic nitrogens is 3. The minimum absolute atomic E-state index is 0.290. The number of rotatable bonds is 6. The second-order valence-corrected chi connectivity index (χ2v) is 7.13. The van der Waals surface area contributed by atoms with Gasteiger partial charge in [-0.25, -0.2) is 9.48 Å². The van der Waals surface area contributed by atoms with Crippen LogP contribution in [-0.4, -0.2) is 27.3 Å². The Morgan fingerprint density at radius 3 is 2.67 bits per heavy atom. The number of ether oxygens (including phenoxy) is 2. The largest absolute Gasteiger partial charge is 0.489 e. The SMILES string of the molecule is CCOC(=O)C1=C(C)Nc2ncnn2C1c1ccccc1OCc1ccc(C)cc1. The zero-order valence-corrected chi connectivity index (χ0v) is 17.3. The lowest BCUT2D eigenvalue weighted by molar-refractivity contribution is -0.139. The fourth-order valence-corrected chi connectivity index (χ4v) is 3.53. The van der Waals surface area contributed by atoms with Crippen LogP contribution in [-0.2, 0) is 16.1 Å². The smallest absolute Gasteiger partial charge is 0.338 e. The van der Waals surface area contributed by atoms with Gasteiger partial charge in [0.15, 0.2) is 0 Å². The average molecular weight is 404 g/mol. The summed E-state index contributed by atoms with van der Waals surface area (Å²) in [6, 6.07) is 15.4. The van der Waals surface area contributed by atoms with E-state index >= 15 is 0 Å². The van der Waals surface area contributed by atoms with Gasteiger partial charge in [-0.05, 0) is 32.4 Å². The van der Waals surface area contributed by atoms with Crippen LogP contribution in [0.3, 0.4) is 0 Å². The zero-order chi connectivity index (χ0) is 21.1. The van der Waals surface area contributed by atoms with Crippen LogP contribution >= 0.6 is 0 Å². The summed E-state index contributed by atoms with van der Waals surface area (Å²) in [4.78, 5) is 17.1. The highest BCUT2D eigenvalue weighted by atomic mass is 16.5. The first-order valence-electron chi connectivity index (χ1n) is 9.90. The molecule has 0 fully saturated rings. The second kappa shape index (κ2) is 8.41.